The molecule has 0 amide bonds. The highest BCUT2D eigenvalue weighted by Crippen LogP contribution is 2.57. The van der Waals surface area contributed by atoms with Gasteiger partial charge in [0.1, 0.15) is 11.6 Å². The van der Waals surface area contributed by atoms with Crippen molar-refractivity contribution in [3.05, 3.63) is 46.5 Å². The monoisotopic (exact) mass is 367 g/mol. The van der Waals surface area contributed by atoms with Gasteiger partial charge in [0.2, 0.25) is 13.6 Å². The number of carbonyl (C=O) groups is 1. The molecule has 138 valence electrons. The van der Waals surface area contributed by atoms with Gasteiger partial charge in [0, 0.05) is 17.7 Å². The van der Waals surface area contributed by atoms with Crippen LogP contribution in [-0.4, -0.2) is 43.0 Å². The molecule has 3 heterocycles. The summed E-state index contributed by atoms with van der Waals surface area (Å²) in [6, 6.07) is 7.23. The van der Waals surface area contributed by atoms with E-state index in [4.69, 9.17) is 18.9 Å². The summed E-state index contributed by atoms with van der Waals surface area (Å²) in [6.07, 6.45) is -0.306. The van der Waals surface area contributed by atoms with Crippen molar-refractivity contribution in [3.63, 3.8) is 0 Å². The number of aliphatic hydroxyl groups excluding tert-OH is 1. The van der Waals surface area contributed by atoms with Crippen molar-refractivity contribution >= 4 is 5.78 Å². The highest BCUT2D eigenvalue weighted by atomic mass is 16.7. The molecule has 0 fully saturated rings. The summed E-state index contributed by atoms with van der Waals surface area (Å²) in [6.45, 7) is 0.893. The quantitative estimate of drug-likeness (QED) is 0.760. The van der Waals surface area contributed by atoms with Crippen molar-refractivity contribution in [2.24, 2.45) is 0 Å². The molecule has 2 aromatic rings. The van der Waals surface area contributed by atoms with Gasteiger partial charge in [-0.1, -0.05) is 0 Å². The summed E-state index contributed by atoms with van der Waals surface area (Å²) in [5.74, 6) is 2.17. The number of hydrogen-bond donors (Lipinski definition) is 1. The minimum absolute atomic E-state index is 0.0881. The van der Waals surface area contributed by atoms with E-state index in [2.05, 4.69) is 0 Å². The first-order valence-electron chi connectivity index (χ1n) is 8.92. The van der Waals surface area contributed by atoms with Crippen molar-refractivity contribution in [1.82, 2.24) is 4.90 Å². The van der Waals surface area contributed by atoms with Gasteiger partial charge >= 0.3 is 0 Å². The van der Waals surface area contributed by atoms with Gasteiger partial charge in [0.05, 0.1) is 0 Å². The SMILES string of the molecule is CN1CCc2cc3c(cc2C12C(=O)c1ccc4c(c1C2O)OCO4)OCO3. The largest absolute Gasteiger partial charge is 0.454 e. The lowest BCUT2D eigenvalue weighted by Gasteiger charge is -2.44. The van der Waals surface area contributed by atoms with E-state index in [1.54, 1.807) is 12.1 Å². The van der Waals surface area contributed by atoms with Crippen LogP contribution in [0.5, 0.6) is 23.0 Å². The van der Waals surface area contributed by atoms with E-state index < -0.39 is 11.6 Å². The van der Waals surface area contributed by atoms with Crippen LogP contribution in [0.15, 0.2) is 24.3 Å². The minimum atomic E-state index is -1.21. The fourth-order valence-corrected chi connectivity index (χ4v) is 4.87. The number of hydrogen-bond acceptors (Lipinski definition) is 7. The third-order valence-corrected chi connectivity index (χ3v) is 6.17. The van der Waals surface area contributed by atoms with Crippen LogP contribution in [-0.2, 0) is 12.0 Å². The molecule has 1 aliphatic carbocycles. The topological polar surface area (TPSA) is 77.5 Å². The van der Waals surface area contributed by atoms with Crippen molar-refractivity contribution in [2.45, 2.75) is 18.1 Å². The highest BCUT2D eigenvalue weighted by molar-refractivity contribution is 6.10. The number of fused-ring (bicyclic) bond motifs is 6. The van der Waals surface area contributed by atoms with Gasteiger partial charge in [-0.2, -0.15) is 0 Å². The maximum absolute atomic E-state index is 13.7. The Hall–Kier alpha value is -2.77. The Morgan fingerprint density at radius 1 is 1.07 bits per heavy atom. The van der Waals surface area contributed by atoms with Gasteiger partial charge in [-0.05, 0) is 48.9 Å². The molecule has 1 spiro atoms. The molecule has 6 rings (SSSR count). The van der Waals surface area contributed by atoms with E-state index >= 15 is 0 Å². The molecule has 2 aromatic carbocycles. The summed E-state index contributed by atoms with van der Waals surface area (Å²) in [7, 11) is 1.87. The van der Waals surface area contributed by atoms with Gasteiger partial charge < -0.3 is 24.1 Å². The molecule has 0 bridgehead atoms. The van der Waals surface area contributed by atoms with E-state index in [-0.39, 0.29) is 19.4 Å². The highest BCUT2D eigenvalue weighted by Gasteiger charge is 2.60. The van der Waals surface area contributed by atoms with Crippen LogP contribution < -0.4 is 18.9 Å². The molecule has 0 saturated carbocycles. The third kappa shape index (κ3) is 1.67. The van der Waals surface area contributed by atoms with Crippen LogP contribution in [0.3, 0.4) is 0 Å². The van der Waals surface area contributed by atoms with Crippen LogP contribution in [0.25, 0.3) is 0 Å². The van der Waals surface area contributed by atoms with Crippen LogP contribution in [0, 0.1) is 0 Å². The van der Waals surface area contributed by atoms with Gasteiger partial charge in [-0.3, -0.25) is 9.69 Å². The van der Waals surface area contributed by atoms with Crippen LogP contribution >= 0.6 is 0 Å². The second-order valence-corrected chi connectivity index (χ2v) is 7.29. The van der Waals surface area contributed by atoms with E-state index in [0.717, 1.165) is 17.5 Å². The molecule has 0 aromatic heterocycles. The Kier molecular flexibility index (Phi) is 2.80. The van der Waals surface area contributed by atoms with Gasteiger partial charge in [-0.15, -0.1) is 0 Å². The third-order valence-electron chi connectivity index (χ3n) is 6.17. The summed E-state index contributed by atoms with van der Waals surface area (Å²) < 4.78 is 22.1. The molecule has 4 aliphatic rings. The Bertz CT molecular complexity index is 1020. The maximum Gasteiger partial charge on any atom is 0.231 e. The zero-order valence-electron chi connectivity index (χ0n) is 14.7. The molecule has 0 radical (unpaired) electrons. The van der Waals surface area contributed by atoms with Crippen molar-refractivity contribution in [3.8, 4) is 23.0 Å². The van der Waals surface area contributed by atoms with E-state index in [1.165, 1.54) is 0 Å². The average molecular weight is 367 g/mol. The van der Waals surface area contributed by atoms with E-state index in [9.17, 15) is 9.90 Å². The van der Waals surface area contributed by atoms with Crippen LogP contribution in [0.1, 0.15) is 33.2 Å². The van der Waals surface area contributed by atoms with Gasteiger partial charge in [0.25, 0.3) is 0 Å². The molecule has 27 heavy (non-hydrogen) atoms. The normalized spacial score (nSPS) is 27.2. The van der Waals surface area contributed by atoms with E-state index in [1.807, 2.05) is 24.1 Å². The summed E-state index contributed by atoms with van der Waals surface area (Å²) in [5, 5.41) is 11.5. The lowest BCUT2D eigenvalue weighted by molar-refractivity contribution is -0.00844. The lowest BCUT2D eigenvalue weighted by Crippen LogP contribution is -2.54. The number of ketones is 1. The number of likely N-dealkylation sites (N-methyl/N-ethyl adjacent to an activating group) is 1. The smallest absolute Gasteiger partial charge is 0.231 e. The second-order valence-electron chi connectivity index (χ2n) is 7.29. The average Bonchev–Trinajstić information content (AvgIpc) is 3.37. The maximum atomic E-state index is 13.7. The van der Waals surface area contributed by atoms with E-state index in [0.29, 0.717) is 40.7 Å². The number of rotatable bonds is 0. The number of nitrogens with zero attached hydrogens (tertiary/aromatic N) is 1. The lowest BCUT2D eigenvalue weighted by atomic mass is 9.76. The first-order chi connectivity index (χ1) is 13.1. The molecule has 7 heteroatoms. The first-order valence-corrected chi connectivity index (χ1v) is 8.92. The number of Topliss-reactive ketones (excluding diaryl/α,β-unsaturated/α-hetero) is 1. The van der Waals surface area contributed by atoms with Crippen molar-refractivity contribution in [2.75, 3.05) is 27.2 Å². The zero-order valence-corrected chi connectivity index (χ0v) is 14.7. The molecule has 2 unspecified atom stereocenters. The minimum Gasteiger partial charge on any atom is -0.454 e. The molecule has 0 saturated heterocycles. The predicted molar refractivity (Wildman–Crippen MR) is 92.4 cm³/mol. The predicted octanol–water partition coefficient (Wildman–Crippen LogP) is 1.76. The fraction of sp³-hybridized carbons (Fsp3) is 0.350. The Morgan fingerprint density at radius 2 is 1.81 bits per heavy atom. The molecular formula is C20H17NO6. The van der Waals surface area contributed by atoms with Gasteiger partial charge in [-0.25, -0.2) is 0 Å². The molecule has 3 aliphatic heterocycles. The zero-order chi connectivity index (χ0) is 18.3. The molecular weight excluding hydrogens is 350 g/mol. The number of benzene rings is 2. The number of carbonyl (C=O) groups excluding carboxylic acids is 1. The van der Waals surface area contributed by atoms with Crippen molar-refractivity contribution in [1.29, 1.82) is 0 Å². The van der Waals surface area contributed by atoms with Gasteiger partial charge in [0.15, 0.2) is 28.8 Å². The van der Waals surface area contributed by atoms with Crippen LogP contribution in [0.4, 0.5) is 0 Å². The number of ether oxygens (including phenoxy) is 4. The molecule has 2 atom stereocenters. The molecule has 7 nitrogen and oxygen atoms in total. The Morgan fingerprint density at radius 3 is 2.67 bits per heavy atom. The Labute approximate surface area is 155 Å². The fourth-order valence-electron chi connectivity index (χ4n) is 4.87. The standard InChI is InChI=1S/C20H17NO6/c1-21-5-4-10-6-14-15(26-8-25-14)7-12(10)20(21)18(22)11-2-3-13-17(27-9-24-13)16(11)19(20)23/h2-3,6-7,19,23H,4-5,8-9H2,1H3. The van der Waals surface area contributed by atoms with Crippen LogP contribution in [0.2, 0.25) is 0 Å². The van der Waals surface area contributed by atoms with Crippen molar-refractivity contribution < 1.29 is 28.8 Å². The number of aliphatic hydroxyl groups is 1. The summed E-state index contributed by atoms with van der Waals surface area (Å²) in [5.41, 5.74) is 1.53. The summed E-state index contributed by atoms with van der Waals surface area (Å²) in [4.78, 5) is 15.6. The molecule has 1 N–H and O–H groups in total. The second kappa shape index (κ2) is 4.94. The summed E-state index contributed by atoms with van der Waals surface area (Å²) >= 11 is 0. The Balaban J connectivity index is 1.63. The first kappa shape index (κ1) is 15.3.